The van der Waals surface area contributed by atoms with Crippen molar-refractivity contribution in [1.29, 1.82) is 5.26 Å². The Balaban J connectivity index is 2.62. The molecule has 3 heteroatoms. The second-order valence-corrected chi connectivity index (χ2v) is 2.46. The molecule has 2 atom stereocenters. The molecule has 0 aromatic rings. The third-order valence-electron chi connectivity index (χ3n) is 1.58. The van der Waals surface area contributed by atoms with Gasteiger partial charge in [0.2, 0.25) is 0 Å². The monoisotopic (exact) mass is 141 g/mol. The zero-order valence-electron chi connectivity index (χ0n) is 6.26. The van der Waals surface area contributed by atoms with E-state index in [1.807, 2.05) is 19.9 Å². The molecule has 0 spiro atoms. The smallest absolute Gasteiger partial charge is 0.259 e. The van der Waals surface area contributed by atoms with E-state index in [9.17, 15) is 0 Å². The van der Waals surface area contributed by atoms with Crippen LogP contribution in [0.5, 0.6) is 0 Å². The Bertz CT molecular complexity index is 163. The number of ether oxygens (including phenoxy) is 2. The molecule has 0 N–H and O–H groups in total. The highest BCUT2D eigenvalue weighted by molar-refractivity contribution is 4.96. The highest BCUT2D eigenvalue weighted by Crippen LogP contribution is 2.25. The Kier molecular flexibility index (Phi) is 1.93. The molecular weight excluding hydrogens is 130 g/mol. The van der Waals surface area contributed by atoms with E-state index in [1.165, 1.54) is 0 Å². The summed E-state index contributed by atoms with van der Waals surface area (Å²) in [7, 11) is 0. The van der Waals surface area contributed by atoms with Gasteiger partial charge in [0.25, 0.3) is 5.79 Å². The maximum absolute atomic E-state index is 8.63. The molecule has 1 heterocycles. The van der Waals surface area contributed by atoms with Crippen molar-refractivity contribution < 1.29 is 9.47 Å². The summed E-state index contributed by atoms with van der Waals surface area (Å²) in [5.74, 6) is -0.945. The van der Waals surface area contributed by atoms with E-state index in [0.29, 0.717) is 13.0 Å². The Morgan fingerprint density at radius 1 is 1.80 bits per heavy atom. The second kappa shape index (κ2) is 2.57. The molecule has 0 bridgehead atoms. The number of nitrogens with zero attached hydrogens (tertiary/aromatic N) is 1. The molecule has 0 amide bonds. The molecule has 1 rings (SSSR count). The van der Waals surface area contributed by atoms with Crippen LogP contribution in [0.15, 0.2) is 0 Å². The highest BCUT2D eigenvalue weighted by atomic mass is 16.7. The maximum atomic E-state index is 8.63. The van der Waals surface area contributed by atoms with Gasteiger partial charge in [-0.25, -0.2) is 0 Å². The predicted octanol–water partition coefficient (Wildman–Crippen LogP) is 1.05. The highest BCUT2D eigenvalue weighted by Gasteiger charge is 2.38. The van der Waals surface area contributed by atoms with Gasteiger partial charge < -0.3 is 9.47 Å². The number of hydrogen-bond acceptors (Lipinski definition) is 3. The van der Waals surface area contributed by atoms with Crippen LogP contribution in [0.1, 0.15) is 20.3 Å². The minimum atomic E-state index is -0.945. The summed E-state index contributed by atoms with van der Waals surface area (Å²) in [5, 5.41) is 8.63. The van der Waals surface area contributed by atoms with Gasteiger partial charge in [0.15, 0.2) is 0 Å². The molecule has 1 aliphatic rings. The molecule has 0 aliphatic carbocycles. The van der Waals surface area contributed by atoms with Crippen molar-refractivity contribution in [3.05, 3.63) is 0 Å². The zero-order chi connectivity index (χ0) is 7.61. The summed E-state index contributed by atoms with van der Waals surface area (Å²) in [6.07, 6.45) is 0.646. The average molecular weight is 141 g/mol. The van der Waals surface area contributed by atoms with Crippen LogP contribution >= 0.6 is 0 Å². The fraction of sp³-hybridized carbons (Fsp3) is 0.857. The molecule has 1 saturated heterocycles. The molecule has 56 valence electrons. The predicted molar refractivity (Wildman–Crippen MR) is 35.1 cm³/mol. The lowest BCUT2D eigenvalue weighted by Gasteiger charge is -2.16. The van der Waals surface area contributed by atoms with E-state index >= 15 is 0 Å². The van der Waals surface area contributed by atoms with Crippen LogP contribution in [0.3, 0.4) is 0 Å². The van der Waals surface area contributed by atoms with E-state index in [0.717, 1.165) is 0 Å². The quantitative estimate of drug-likeness (QED) is 0.548. The lowest BCUT2D eigenvalue weighted by molar-refractivity contribution is -0.121. The van der Waals surface area contributed by atoms with Gasteiger partial charge in [-0.1, -0.05) is 6.92 Å². The van der Waals surface area contributed by atoms with E-state index in [4.69, 9.17) is 14.7 Å². The summed E-state index contributed by atoms with van der Waals surface area (Å²) in [5.41, 5.74) is 0. The summed E-state index contributed by atoms with van der Waals surface area (Å²) in [6.45, 7) is 4.30. The minimum Gasteiger partial charge on any atom is -0.335 e. The van der Waals surface area contributed by atoms with Crippen LogP contribution in [0.4, 0.5) is 0 Å². The Labute approximate surface area is 60.5 Å². The van der Waals surface area contributed by atoms with Crippen LogP contribution in [-0.4, -0.2) is 18.5 Å². The molecule has 10 heavy (non-hydrogen) atoms. The number of nitriles is 1. The van der Waals surface area contributed by atoms with Crippen LogP contribution in [0.2, 0.25) is 0 Å². The van der Waals surface area contributed by atoms with Gasteiger partial charge >= 0.3 is 0 Å². The Morgan fingerprint density at radius 2 is 2.50 bits per heavy atom. The van der Waals surface area contributed by atoms with Crippen molar-refractivity contribution >= 4 is 0 Å². The Hall–Kier alpha value is -0.590. The third-order valence-corrected chi connectivity index (χ3v) is 1.58. The van der Waals surface area contributed by atoms with E-state index in [1.54, 1.807) is 0 Å². The van der Waals surface area contributed by atoms with Gasteiger partial charge in [-0.2, -0.15) is 5.26 Å². The van der Waals surface area contributed by atoms with Crippen molar-refractivity contribution in [1.82, 2.24) is 0 Å². The minimum absolute atomic E-state index is 0.0552. The van der Waals surface area contributed by atoms with Gasteiger partial charge in [-0.05, 0) is 6.92 Å². The van der Waals surface area contributed by atoms with Crippen LogP contribution in [-0.2, 0) is 9.47 Å². The van der Waals surface area contributed by atoms with Crippen LogP contribution < -0.4 is 0 Å². The van der Waals surface area contributed by atoms with Gasteiger partial charge in [-0.3, -0.25) is 0 Å². The molecule has 0 saturated carbocycles. The van der Waals surface area contributed by atoms with Gasteiger partial charge in [0, 0.05) is 6.42 Å². The van der Waals surface area contributed by atoms with E-state index in [2.05, 4.69) is 0 Å². The SMILES string of the molecule is CCC1(C#N)OCC(C)O1. The first kappa shape index (κ1) is 7.52. The van der Waals surface area contributed by atoms with Crippen molar-refractivity contribution in [2.45, 2.75) is 32.2 Å². The molecule has 1 aliphatic heterocycles. The molecule has 0 aromatic heterocycles. The van der Waals surface area contributed by atoms with Gasteiger partial charge in [0.1, 0.15) is 6.07 Å². The van der Waals surface area contributed by atoms with Crippen molar-refractivity contribution in [3.8, 4) is 6.07 Å². The van der Waals surface area contributed by atoms with Gasteiger partial charge in [-0.15, -0.1) is 0 Å². The zero-order valence-corrected chi connectivity index (χ0v) is 6.26. The lowest BCUT2D eigenvalue weighted by Crippen LogP contribution is -2.27. The maximum Gasteiger partial charge on any atom is 0.259 e. The van der Waals surface area contributed by atoms with E-state index < -0.39 is 5.79 Å². The van der Waals surface area contributed by atoms with Crippen molar-refractivity contribution in [3.63, 3.8) is 0 Å². The third kappa shape index (κ3) is 1.13. The normalized spacial score (nSPS) is 39.5. The van der Waals surface area contributed by atoms with Crippen molar-refractivity contribution in [2.24, 2.45) is 0 Å². The molecule has 0 radical (unpaired) electrons. The first-order chi connectivity index (χ1) is 4.72. The first-order valence-electron chi connectivity index (χ1n) is 3.45. The Morgan fingerprint density at radius 3 is 2.70 bits per heavy atom. The summed E-state index contributed by atoms with van der Waals surface area (Å²) in [4.78, 5) is 0. The first-order valence-corrected chi connectivity index (χ1v) is 3.45. The lowest BCUT2D eigenvalue weighted by atomic mass is 10.2. The molecule has 0 aromatic carbocycles. The topological polar surface area (TPSA) is 42.2 Å². The molecule has 2 unspecified atom stereocenters. The van der Waals surface area contributed by atoms with Gasteiger partial charge in [0.05, 0.1) is 12.7 Å². The number of hydrogen-bond donors (Lipinski definition) is 0. The van der Waals surface area contributed by atoms with E-state index in [-0.39, 0.29) is 6.10 Å². The summed E-state index contributed by atoms with van der Waals surface area (Å²) in [6, 6.07) is 2.01. The summed E-state index contributed by atoms with van der Waals surface area (Å²) >= 11 is 0. The second-order valence-electron chi connectivity index (χ2n) is 2.46. The van der Waals surface area contributed by atoms with Crippen molar-refractivity contribution in [2.75, 3.05) is 6.61 Å². The number of rotatable bonds is 1. The molecular formula is C7H11NO2. The summed E-state index contributed by atoms with van der Waals surface area (Å²) < 4.78 is 10.4. The average Bonchev–Trinajstić information content (AvgIpc) is 2.33. The standard InChI is InChI=1S/C7H11NO2/c1-3-7(5-8)9-4-6(2)10-7/h6H,3-4H2,1-2H3. The van der Waals surface area contributed by atoms with Crippen LogP contribution in [0.25, 0.3) is 0 Å². The molecule has 1 fully saturated rings. The fourth-order valence-corrected chi connectivity index (χ4v) is 0.968. The van der Waals surface area contributed by atoms with Crippen LogP contribution in [0, 0.1) is 11.3 Å². The molecule has 3 nitrogen and oxygen atoms in total. The largest absolute Gasteiger partial charge is 0.335 e. The fourth-order valence-electron chi connectivity index (χ4n) is 0.968.